The summed E-state index contributed by atoms with van der Waals surface area (Å²) in [6, 6.07) is 5.66. The topological polar surface area (TPSA) is 60.2 Å². The lowest BCUT2D eigenvalue weighted by molar-refractivity contribution is -0.121. The molecule has 4 rings (SSSR count). The maximum absolute atomic E-state index is 12.2. The molecule has 6 nitrogen and oxygen atoms in total. The fourth-order valence-electron chi connectivity index (χ4n) is 2.58. The highest BCUT2D eigenvalue weighted by Gasteiger charge is 2.27. The van der Waals surface area contributed by atoms with Crippen LogP contribution in [0, 0.1) is 5.92 Å². The minimum Gasteiger partial charge on any atom is -0.482 e. The number of carbonyl (C=O) groups is 1. The van der Waals surface area contributed by atoms with E-state index in [4.69, 9.17) is 4.74 Å². The van der Waals surface area contributed by atoms with E-state index in [0.29, 0.717) is 12.3 Å². The van der Waals surface area contributed by atoms with Gasteiger partial charge in [0, 0.05) is 11.0 Å². The Hall–Kier alpha value is -1.89. The van der Waals surface area contributed by atoms with Crippen molar-refractivity contribution in [3.63, 3.8) is 0 Å². The van der Waals surface area contributed by atoms with Crippen LogP contribution in [0.25, 0.3) is 0 Å². The Morgan fingerprint density at radius 1 is 1.36 bits per heavy atom. The van der Waals surface area contributed by atoms with Crippen molar-refractivity contribution < 1.29 is 9.53 Å². The number of aromatic nitrogens is 3. The SMILES string of the molecule is O=C1COc2ccc(Br)cc2N1Cc1cn(CC2CC2)nn1. The van der Waals surface area contributed by atoms with Crippen molar-refractivity contribution in [3.05, 3.63) is 34.6 Å². The summed E-state index contributed by atoms with van der Waals surface area (Å²) in [5.74, 6) is 1.40. The Morgan fingerprint density at radius 3 is 3.05 bits per heavy atom. The van der Waals surface area contributed by atoms with Crippen LogP contribution in [0.5, 0.6) is 5.75 Å². The number of nitrogens with zero attached hydrogens (tertiary/aromatic N) is 4. The van der Waals surface area contributed by atoms with E-state index in [2.05, 4.69) is 26.2 Å². The summed E-state index contributed by atoms with van der Waals surface area (Å²) in [4.78, 5) is 13.9. The van der Waals surface area contributed by atoms with Crippen LogP contribution in [0.1, 0.15) is 18.5 Å². The lowest BCUT2D eigenvalue weighted by Gasteiger charge is -2.28. The van der Waals surface area contributed by atoms with E-state index in [1.807, 2.05) is 29.1 Å². The summed E-state index contributed by atoms with van der Waals surface area (Å²) < 4.78 is 8.26. The molecule has 0 bridgehead atoms. The predicted octanol–water partition coefficient (Wildman–Crippen LogP) is 2.38. The van der Waals surface area contributed by atoms with Crippen LogP contribution in [0.4, 0.5) is 5.69 Å². The van der Waals surface area contributed by atoms with Gasteiger partial charge in [-0.15, -0.1) is 5.10 Å². The van der Waals surface area contributed by atoms with E-state index >= 15 is 0 Å². The van der Waals surface area contributed by atoms with E-state index in [0.717, 1.165) is 28.3 Å². The van der Waals surface area contributed by atoms with Crippen molar-refractivity contribution in [1.29, 1.82) is 0 Å². The highest BCUT2D eigenvalue weighted by Crippen LogP contribution is 2.35. The predicted molar refractivity (Wildman–Crippen MR) is 83.6 cm³/mol. The molecule has 0 N–H and O–H groups in total. The summed E-state index contributed by atoms with van der Waals surface area (Å²) in [6.07, 6.45) is 4.48. The third kappa shape index (κ3) is 2.72. The van der Waals surface area contributed by atoms with Crippen LogP contribution >= 0.6 is 15.9 Å². The molecular weight excluding hydrogens is 348 g/mol. The van der Waals surface area contributed by atoms with E-state index in [-0.39, 0.29) is 12.5 Å². The molecule has 1 amide bonds. The summed E-state index contributed by atoms with van der Waals surface area (Å²) in [6.45, 7) is 1.40. The molecule has 0 atom stereocenters. The molecule has 0 spiro atoms. The number of hydrogen-bond acceptors (Lipinski definition) is 4. The Labute approximate surface area is 136 Å². The molecule has 7 heteroatoms. The van der Waals surface area contributed by atoms with Gasteiger partial charge in [-0.2, -0.15) is 0 Å². The molecule has 2 aliphatic rings. The number of halogens is 1. The Bertz CT molecular complexity index is 726. The normalized spacial score (nSPS) is 17.3. The lowest BCUT2D eigenvalue weighted by atomic mass is 10.2. The van der Waals surface area contributed by atoms with Gasteiger partial charge in [-0.3, -0.25) is 14.4 Å². The molecule has 0 saturated heterocycles. The molecular formula is C15H15BrN4O2. The van der Waals surface area contributed by atoms with Crippen molar-refractivity contribution in [3.8, 4) is 5.75 Å². The summed E-state index contributed by atoms with van der Waals surface area (Å²) in [5, 5.41) is 8.34. The molecule has 2 heterocycles. The second kappa shape index (κ2) is 5.39. The van der Waals surface area contributed by atoms with Gasteiger partial charge in [-0.25, -0.2) is 0 Å². The van der Waals surface area contributed by atoms with E-state index < -0.39 is 0 Å². The number of carbonyl (C=O) groups excluding carboxylic acids is 1. The molecule has 0 radical (unpaired) electrons. The molecule has 1 aliphatic carbocycles. The number of anilines is 1. The average molecular weight is 363 g/mol. The molecule has 1 aromatic carbocycles. The van der Waals surface area contributed by atoms with E-state index in [1.165, 1.54) is 12.8 Å². The van der Waals surface area contributed by atoms with Crippen molar-refractivity contribution >= 4 is 27.5 Å². The van der Waals surface area contributed by atoms with Crippen LogP contribution < -0.4 is 9.64 Å². The van der Waals surface area contributed by atoms with E-state index in [1.54, 1.807) is 4.90 Å². The number of hydrogen-bond donors (Lipinski definition) is 0. The van der Waals surface area contributed by atoms with Gasteiger partial charge >= 0.3 is 0 Å². The van der Waals surface area contributed by atoms with Crippen LogP contribution in [-0.4, -0.2) is 27.5 Å². The lowest BCUT2D eigenvalue weighted by Crippen LogP contribution is -2.38. The fraction of sp³-hybridized carbons (Fsp3) is 0.400. The van der Waals surface area contributed by atoms with Crippen LogP contribution in [0.2, 0.25) is 0 Å². The Kier molecular flexibility index (Phi) is 3.37. The summed E-state index contributed by atoms with van der Waals surface area (Å²) >= 11 is 3.44. The monoisotopic (exact) mass is 362 g/mol. The van der Waals surface area contributed by atoms with Crippen molar-refractivity contribution in [2.24, 2.45) is 5.92 Å². The smallest absolute Gasteiger partial charge is 0.265 e. The minimum absolute atomic E-state index is 0.0604. The number of ether oxygens (including phenoxy) is 1. The first kappa shape index (κ1) is 13.8. The highest BCUT2D eigenvalue weighted by atomic mass is 79.9. The first-order valence-electron chi connectivity index (χ1n) is 7.31. The molecule has 1 aliphatic heterocycles. The van der Waals surface area contributed by atoms with Gasteiger partial charge in [0.2, 0.25) is 0 Å². The van der Waals surface area contributed by atoms with E-state index in [9.17, 15) is 4.79 Å². The quantitative estimate of drug-likeness (QED) is 0.837. The third-order valence-corrected chi connectivity index (χ3v) is 4.41. The second-order valence-electron chi connectivity index (χ2n) is 5.76. The number of benzene rings is 1. The fourth-order valence-corrected chi connectivity index (χ4v) is 2.92. The second-order valence-corrected chi connectivity index (χ2v) is 6.67. The molecule has 1 fully saturated rings. The Morgan fingerprint density at radius 2 is 2.23 bits per heavy atom. The van der Waals surface area contributed by atoms with Gasteiger partial charge in [-0.05, 0) is 37.0 Å². The van der Waals surface area contributed by atoms with Crippen LogP contribution in [0.15, 0.2) is 28.9 Å². The standard InChI is InChI=1S/C15H15BrN4O2/c16-11-3-4-14-13(5-11)20(15(21)9-22-14)8-12-7-19(18-17-12)6-10-1-2-10/h3-5,7,10H,1-2,6,8-9H2. The average Bonchev–Trinajstić information content (AvgIpc) is 3.20. The first-order valence-corrected chi connectivity index (χ1v) is 8.10. The van der Waals surface area contributed by atoms with Crippen molar-refractivity contribution in [1.82, 2.24) is 15.0 Å². The van der Waals surface area contributed by atoms with Gasteiger partial charge in [0.05, 0.1) is 18.4 Å². The number of amides is 1. The molecule has 1 saturated carbocycles. The summed E-state index contributed by atoms with van der Waals surface area (Å²) in [5.41, 5.74) is 1.56. The van der Waals surface area contributed by atoms with Crippen LogP contribution in [0.3, 0.4) is 0 Å². The zero-order valence-corrected chi connectivity index (χ0v) is 13.5. The molecule has 0 unspecified atom stereocenters. The third-order valence-electron chi connectivity index (χ3n) is 3.91. The van der Waals surface area contributed by atoms with Crippen LogP contribution in [-0.2, 0) is 17.9 Å². The van der Waals surface area contributed by atoms with Gasteiger partial charge in [0.15, 0.2) is 6.61 Å². The van der Waals surface area contributed by atoms with Gasteiger partial charge < -0.3 is 4.74 Å². The van der Waals surface area contributed by atoms with Crippen molar-refractivity contribution in [2.75, 3.05) is 11.5 Å². The molecule has 2 aromatic rings. The molecule has 1 aromatic heterocycles. The maximum atomic E-state index is 12.2. The van der Waals surface area contributed by atoms with Crippen molar-refractivity contribution in [2.45, 2.75) is 25.9 Å². The zero-order chi connectivity index (χ0) is 15.1. The number of fused-ring (bicyclic) bond motifs is 1. The maximum Gasteiger partial charge on any atom is 0.265 e. The largest absolute Gasteiger partial charge is 0.482 e. The Balaban J connectivity index is 1.57. The van der Waals surface area contributed by atoms with Gasteiger partial charge in [0.1, 0.15) is 11.4 Å². The minimum atomic E-state index is -0.0673. The number of rotatable bonds is 4. The molecule has 114 valence electrons. The first-order chi connectivity index (χ1) is 10.7. The highest BCUT2D eigenvalue weighted by molar-refractivity contribution is 9.10. The zero-order valence-electron chi connectivity index (χ0n) is 11.9. The molecule has 22 heavy (non-hydrogen) atoms. The summed E-state index contributed by atoms with van der Waals surface area (Å²) in [7, 11) is 0. The van der Waals surface area contributed by atoms with Gasteiger partial charge in [-0.1, -0.05) is 21.1 Å². The van der Waals surface area contributed by atoms with Gasteiger partial charge in [0.25, 0.3) is 5.91 Å².